The molecule has 3 nitrogen and oxygen atoms in total. The van der Waals surface area contributed by atoms with Gasteiger partial charge in [-0.2, -0.15) is 0 Å². The van der Waals surface area contributed by atoms with Crippen LogP contribution < -0.4 is 10.2 Å². The minimum Gasteiger partial charge on any atom is -0.311 e. The number of fused-ring (bicyclic) bond motifs is 1. The normalized spacial score (nSPS) is 14.5. The fraction of sp³-hybridized carbons (Fsp3) is 0.235. The Morgan fingerprint density at radius 2 is 2.05 bits per heavy atom. The third kappa shape index (κ3) is 3.01. The molecule has 1 aliphatic heterocycles. The summed E-state index contributed by atoms with van der Waals surface area (Å²) in [5.74, 6) is 0.0514. The molecular weight excluding hydrogens is 328 g/mol. The summed E-state index contributed by atoms with van der Waals surface area (Å²) in [7, 11) is 0. The second-order valence-electron chi connectivity index (χ2n) is 5.28. The first kappa shape index (κ1) is 14.3. The molecular formula is C17H17BrN2O. The average Bonchev–Trinajstić information content (AvgIpc) is 2.68. The van der Waals surface area contributed by atoms with Gasteiger partial charge < -0.3 is 10.2 Å². The lowest BCUT2D eigenvalue weighted by Crippen LogP contribution is -2.34. The fourth-order valence-corrected chi connectivity index (χ4v) is 3.29. The third-order valence-corrected chi connectivity index (χ3v) is 4.10. The molecule has 0 fully saturated rings. The van der Waals surface area contributed by atoms with E-state index in [2.05, 4.69) is 27.3 Å². The number of carbonyl (C=O) groups is 1. The van der Waals surface area contributed by atoms with Gasteiger partial charge >= 0.3 is 0 Å². The smallest absolute Gasteiger partial charge is 0.258 e. The van der Waals surface area contributed by atoms with Crippen molar-refractivity contribution in [1.29, 1.82) is 0 Å². The molecule has 0 saturated heterocycles. The number of aryl methyl sites for hydroxylation is 1. The number of halogens is 1. The molecule has 0 saturated carbocycles. The maximum atomic E-state index is 12.9. The molecule has 0 aromatic heterocycles. The Hall–Kier alpha value is -1.65. The second kappa shape index (κ2) is 6.00. The summed E-state index contributed by atoms with van der Waals surface area (Å²) in [5, 5.41) is 3.36. The van der Waals surface area contributed by atoms with Crippen molar-refractivity contribution in [3.8, 4) is 0 Å². The molecule has 0 bridgehead atoms. The van der Waals surface area contributed by atoms with Crippen molar-refractivity contribution in [2.45, 2.75) is 13.5 Å². The number of para-hydroxylation sites is 1. The number of amides is 1. The van der Waals surface area contributed by atoms with Crippen molar-refractivity contribution in [3.05, 3.63) is 63.6 Å². The summed E-state index contributed by atoms with van der Waals surface area (Å²) in [6, 6.07) is 13.9. The van der Waals surface area contributed by atoms with Crippen LogP contribution in [-0.4, -0.2) is 19.0 Å². The Balaban J connectivity index is 2.01. The van der Waals surface area contributed by atoms with E-state index in [4.69, 9.17) is 0 Å². The van der Waals surface area contributed by atoms with Gasteiger partial charge in [-0.25, -0.2) is 0 Å². The molecule has 1 heterocycles. The Morgan fingerprint density at radius 1 is 1.24 bits per heavy atom. The molecule has 2 aromatic rings. The zero-order valence-electron chi connectivity index (χ0n) is 11.9. The fourth-order valence-electron chi connectivity index (χ4n) is 2.68. The summed E-state index contributed by atoms with van der Waals surface area (Å²) in [4.78, 5) is 14.8. The van der Waals surface area contributed by atoms with Gasteiger partial charge in [0.25, 0.3) is 5.91 Å². The zero-order chi connectivity index (χ0) is 14.8. The van der Waals surface area contributed by atoms with E-state index in [-0.39, 0.29) is 5.91 Å². The highest BCUT2D eigenvalue weighted by atomic mass is 79.9. The van der Waals surface area contributed by atoms with E-state index in [1.54, 1.807) is 0 Å². The van der Waals surface area contributed by atoms with Crippen molar-refractivity contribution in [2.75, 3.05) is 18.0 Å². The zero-order valence-corrected chi connectivity index (χ0v) is 13.5. The summed E-state index contributed by atoms with van der Waals surface area (Å²) in [6.45, 7) is 4.28. The molecule has 4 heteroatoms. The topological polar surface area (TPSA) is 32.3 Å². The van der Waals surface area contributed by atoms with E-state index in [0.29, 0.717) is 6.54 Å². The molecule has 0 radical (unpaired) electrons. The standard InChI is InChI=1S/C17H17BrN2O/c1-12-8-14(10-15(18)9-12)17(21)20-7-6-19-11-13-4-2-3-5-16(13)20/h2-5,8-10,19H,6-7,11H2,1H3. The van der Waals surface area contributed by atoms with Crippen LogP contribution in [0.2, 0.25) is 0 Å². The van der Waals surface area contributed by atoms with Crippen molar-refractivity contribution < 1.29 is 4.79 Å². The molecule has 3 rings (SSSR count). The molecule has 2 aromatic carbocycles. The maximum Gasteiger partial charge on any atom is 0.258 e. The van der Waals surface area contributed by atoms with E-state index in [1.165, 1.54) is 0 Å². The molecule has 1 amide bonds. The van der Waals surface area contributed by atoms with Crippen LogP contribution in [0.3, 0.4) is 0 Å². The minimum atomic E-state index is 0.0514. The van der Waals surface area contributed by atoms with Crippen molar-refractivity contribution in [2.24, 2.45) is 0 Å². The average molecular weight is 345 g/mol. The van der Waals surface area contributed by atoms with Gasteiger partial charge in [0.1, 0.15) is 0 Å². The summed E-state index contributed by atoms with van der Waals surface area (Å²) in [5.41, 5.74) is 3.97. The number of hydrogen-bond acceptors (Lipinski definition) is 2. The number of carbonyl (C=O) groups excluding carboxylic acids is 1. The highest BCUT2D eigenvalue weighted by molar-refractivity contribution is 9.10. The molecule has 0 atom stereocenters. The van der Waals surface area contributed by atoms with Crippen LogP contribution in [0.1, 0.15) is 21.5 Å². The van der Waals surface area contributed by atoms with Gasteiger partial charge in [-0.1, -0.05) is 34.1 Å². The number of rotatable bonds is 1. The van der Waals surface area contributed by atoms with Gasteiger partial charge in [0.2, 0.25) is 0 Å². The SMILES string of the molecule is Cc1cc(Br)cc(C(=O)N2CCNCc3ccccc32)c1. The summed E-state index contributed by atoms with van der Waals surface area (Å²) in [6.07, 6.45) is 0. The Bertz CT molecular complexity index is 664. The number of nitrogens with one attached hydrogen (secondary N) is 1. The highest BCUT2D eigenvalue weighted by Gasteiger charge is 2.22. The highest BCUT2D eigenvalue weighted by Crippen LogP contribution is 2.25. The van der Waals surface area contributed by atoms with Crippen molar-refractivity contribution in [3.63, 3.8) is 0 Å². The molecule has 108 valence electrons. The molecule has 21 heavy (non-hydrogen) atoms. The lowest BCUT2D eigenvalue weighted by atomic mass is 10.1. The lowest BCUT2D eigenvalue weighted by molar-refractivity contribution is 0.0987. The Kier molecular flexibility index (Phi) is 4.08. The van der Waals surface area contributed by atoms with Crippen LogP contribution in [0, 0.1) is 6.92 Å². The molecule has 0 spiro atoms. The monoisotopic (exact) mass is 344 g/mol. The van der Waals surface area contributed by atoms with Gasteiger partial charge in [0.15, 0.2) is 0 Å². The van der Waals surface area contributed by atoms with E-state index in [9.17, 15) is 4.79 Å². The number of hydrogen-bond donors (Lipinski definition) is 1. The first-order chi connectivity index (χ1) is 10.1. The minimum absolute atomic E-state index is 0.0514. The van der Waals surface area contributed by atoms with Crippen LogP contribution in [0.15, 0.2) is 46.9 Å². The Labute approximate surface area is 133 Å². The quantitative estimate of drug-likeness (QED) is 0.858. The number of anilines is 1. The molecule has 1 aliphatic rings. The van der Waals surface area contributed by atoms with E-state index >= 15 is 0 Å². The van der Waals surface area contributed by atoms with Gasteiger partial charge in [-0.05, 0) is 42.3 Å². The molecule has 0 unspecified atom stereocenters. The van der Waals surface area contributed by atoms with Gasteiger partial charge in [0.05, 0.1) is 0 Å². The van der Waals surface area contributed by atoms with E-state index in [0.717, 1.165) is 39.9 Å². The van der Waals surface area contributed by atoms with Crippen LogP contribution in [0.25, 0.3) is 0 Å². The van der Waals surface area contributed by atoms with Crippen molar-refractivity contribution in [1.82, 2.24) is 5.32 Å². The number of benzene rings is 2. The second-order valence-corrected chi connectivity index (χ2v) is 6.20. The van der Waals surface area contributed by atoms with Crippen LogP contribution in [0.5, 0.6) is 0 Å². The van der Waals surface area contributed by atoms with E-state index < -0.39 is 0 Å². The predicted octanol–water partition coefficient (Wildman–Crippen LogP) is 3.51. The predicted molar refractivity (Wildman–Crippen MR) is 88.7 cm³/mol. The van der Waals surface area contributed by atoms with Gasteiger partial charge in [-0.15, -0.1) is 0 Å². The molecule has 0 aliphatic carbocycles. The maximum absolute atomic E-state index is 12.9. The van der Waals surface area contributed by atoms with Gasteiger partial charge in [0, 0.05) is 35.4 Å². The summed E-state index contributed by atoms with van der Waals surface area (Å²) < 4.78 is 0.937. The Morgan fingerprint density at radius 3 is 2.86 bits per heavy atom. The largest absolute Gasteiger partial charge is 0.311 e. The molecule has 1 N–H and O–H groups in total. The lowest BCUT2D eigenvalue weighted by Gasteiger charge is -2.23. The third-order valence-electron chi connectivity index (χ3n) is 3.64. The van der Waals surface area contributed by atoms with Crippen LogP contribution >= 0.6 is 15.9 Å². The van der Waals surface area contributed by atoms with Crippen molar-refractivity contribution >= 4 is 27.5 Å². The van der Waals surface area contributed by atoms with Crippen LogP contribution in [-0.2, 0) is 6.54 Å². The first-order valence-electron chi connectivity index (χ1n) is 7.03. The van der Waals surface area contributed by atoms with Crippen LogP contribution in [0.4, 0.5) is 5.69 Å². The first-order valence-corrected chi connectivity index (χ1v) is 7.82. The van der Waals surface area contributed by atoms with Gasteiger partial charge in [-0.3, -0.25) is 4.79 Å². The summed E-state index contributed by atoms with van der Waals surface area (Å²) >= 11 is 3.47. The van der Waals surface area contributed by atoms with E-state index in [1.807, 2.05) is 48.2 Å². The number of nitrogens with zero attached hydrogens (tertiary/aromatic N) is 1.